The molecule has 1 aliphatic rings. The number of methoxy groups -OCH3 is 2. The van der Waals surface area contributed by atoms with Gasteiger partial charge in [0.1, 0.15) is 12.6 Å². The van der Waals surface area contributed by atoms with Crippen molar-refractivity contribution < 1.29 is 14.3 Å². The van der Waals surface area contributed by atoms with Crippen molar-refractivity contribution in [3.05, 3.63) is 12.1 Å². The van der Waals surface area contributed by atoms with Crippen molar-refractivity contribution in [2.24, 2.45) is 0 Å². The predicted molar refractivity (Wildman–Crippen MR) is 70.6 cm³/mol. The SMILES string of the molecule is COc1cc2c(cc1OC)N(CC#N)C(=O)C(C)N2. The molecule has 1 aromatic carbocycles. The van der Waals surface area contributed by atoms with E-state index >= 15 is 0 Å². The summed E-state index contributed by atoms with van der Waals surface area (Å²) in [6, 6.07) is 5.09. The largest absolute Gasteiger partial charge is 0.493 e. The number of rotatable bonds is 3. The predicted octanol–water partition coefficient (Wildman–Crippen LogP) is 1.37. The summed E-state index contributed by atoms with van der Waals surface area (Å²) < 4.78 is 10.4. The third kappa shape index (κ3) is 2.15. The fraction of sp³-hybridized carbons (Fsp3) is 0.385. The number of nitrogens with zero attached hydrogens (tertiary/aromatic N) is 2. The zero-order valence-electron chi connectivity index (χ0n) is 11.1. The van der Waals surface area contributed by atoms with Crippen LogP contribution in [-0.4, -0.2) is 32.7 Å². The van der Waals surface area contributed by atoms with E-state index in [9.17, 15) is 4.79 Å². The summed E-state index contributed by atoms with van der Waals surface area (Å²) >= 11 is 0. The quantitative estimate of drug-likeness (QED) is 0.832. The van der Waals surface area contributed by atoms with Crippen LogP contribution >= 0.6 is 0 Å². The average molecular weight is 261 g/mol. The molecule has 0 spiro atoms. The van der Waals surface area contributed by atoms with Crippen molar-refractivity contribution in [1.29, 1.82) is 5.26 Å². The fourth-order valence-electron chi connectivity index (χ4n) is 2.09. The van der Waals surface area contributed by atoms with E-state index in [1.54, 1.807) is 26.2 Å². The van der Waals surface area contributed by atoms with Gasteiger partial charge in [-0.2, -0.15) is 5.26 Å². The van der Waals surface area contributed by atoms with E-state index in [1.807, 2.05) is 6.07 Å². The lowest BCUT2D eigenvalue weighted by Crippen LogP contribution is -2.45. The van der Waals surface area contributed by atoms with Gasteiger partial charge in [0.2, 0.25) is 5.91 Å². The first-order valence-electron chi connectivity index (χ1n) is 5.83. The van der Waals surface area contributed by atoms with Crippen LogP contribution in [0.2, 0.25) is 0 Å². The Labute approximate surface area is 111 Å². The number of ether oxygens (including phenoxy) is 2. The number of anilines is 2. The second-order valence-corrected chi connectivity index (χ2v) is 4.17. The molecule has 0 fully saturated rings. The second kappa shape index (κ2) is 5.06. The van der Waals surface area contributed by atoms with E-state index in [-0.39, 0.29) is 18.5 Å². The number of amides is 1. The topological polar surface area (TPSA) is 74.6 Å². The van der Waals surface area contributed by atoms with Gasteiger partial charge in [-0.1, -0.05) is 0 Å². The van der Waals surface area contributed by atoms with E-state index in [0.29, 0.717) is 17.2 Å². The molecule has 1 atom stereocenters. The van der Waals surface area contributed by atoms with Crippen LogP contribution in [0.5, 0.6) is 11.5 Å². The molecule has 0 saturated heterocycles. The van der Waals surface area contributed by atoms with Crippen LogP contribution < -0.4 is 19.7 Å². The highest BCUT2D eigenvalue weighted by molar-refractivity contribution is 6.05. The zero-order chi connectivity index (χ0) is 14.0. The maximum Gasteiger partial charge on any atom is 0.250 e. The summed E-state index contributed by atoms with van der Waals surface area (Å²) in [6.07, 6.45) is 0. The molecule has 1 heterocycles. The second-order valence-electron chi connectivity index (χ2n) is 4.17. The number of hydrogen-bond donors (Lipinski definition) is 1. The molecule has 0 aromatic heterocycles. The van der Waals surface area contributed by atoms with Gasteiger partial charge in [0.25, 0.3) is 0 Å². The molecule has 6 heteroatoms. The van der Waals surface area contributed by atoms with Gasteiger partial charge in [-0.05, 0) is 6.92 Å². The van der Waals surface area contributed by atoms with Gasteiger partial charge >= 0.3 is 0 Å². The Morgan fingerprint density at radius 1 is 1.37 bits per heavy atom. The Morgan fingerprint density at radius 2 is 2.00 bits per heavy atom. The molecule has 1 unspecified atom stereocenters. The summed E-state index contributed by atoms with van der Waals surface area (Å²) in [5.41, 5.74) is 1.38. The summed E-state index contributed by atoms with van der Waals surface area (Å²) in [6.45, 7) is 1.76. The van der Waals surface area contributed by atoms with E-state index in [1.165, 1.54) is 12.0 Å². The molecule has 1 amide bonds. The van der Waals surface area contributed by atoms with Crippen molar-refractivity contribution in [3.63, 3.8) is 0 Å². The Kier molecular flexibility index (Phi) is 3.47. The normalized spacial score (nSPS) is 17.3. The Balaban J connectivity index is 2.55. The van der Waals surface area contributed by atoms with Crippen molar-refractivity contribution in [1.82, 2.24) is 0 Å². The molecule has 0 saturated carbocycles. The first-order chi connectivity index (χ1) is 9.12. The van der Waals surface area contributed by atoms with E-state index in [2.05, 4.69) is 5.32 Å². The fourth-order valence-corrected chi connectivity index (χ4v) is 2.09. The van der Waals surface area contributed by atoms with Gasteiger partial charge in [-0.3, -0.25) is 9.69 Å². The Bertz CT molecular complexity index is 551. The Morgan fingerprint density at radius 3 is 2.58 bits per heavy atom. The minimum absolute atomic E-state index is 0.00728. The summed E-state index contributed by atoms with van der Waals surface area (Å²) in [5, 5.41) is 11.9. The van der Waals surface area contributed by atoms with Gasteiger partial charge in [0.15, 0.2) is 11.5 Å². The molecule has 1 N–H and O–H groups in total. The summed E-state index contributed by atoms with van der Waals surface area (Å²) in [5.74, 6) is 0.960. The minimum atomic E-state index is -0.376. The number of fused-ring (bicyclic) bond motifs is 1. The number of hydrogen-bond acceptors (Lipinski definition) is 5. The first-order valence-corrected chi connectivity index (χ1v) is 5.83. The van der Waals surface area contributed by atoms with Gasteiger partial charge in [0.05, 0.1) is 31.7 Å². The third-order valence-corrected chi connectivity index (χ3v) is 3.03. The Hall–Kier alpha value is -2.42. The lowest BCUT2D eigenvalue weighted by atomic mass is 10.1. The minimum Gasteiger partial charge on any atom is -0.493 e. The van der Waals surface area contributed by atoms with Crippen LogP contribution in [0.1, 0.15) is 6.92 Å². The molecule has 19 heavy (non-hydrogen) atoms. The zero-order valence-corrected chi connectivity index (χ0v) is 11.1. The summed E-state index contributed by atoms with van der Waals surface area (Å²) in [4.78, 5) is 13.5. The van der Waals surface area contributed by atoms with Crippen LogP contribution in [0.3, 0.4) is 0 Å². The van der Waals surface area contributed by atoms with E-state index < -0.39 is 0 Å². The number of carbonyl (C=O) groups excluding carboxylic acids is 1. The highest BCUT2D eigenvalue weighted by Gasteiger charge is 2.30. The highest BCUT2D eigenvalue weighted by atomic mass is 16.5. The molecule has 1 aliphatic heterocycles. The molecule has 0 aliphatic carbocycles. The number of carbonyl (C=O) groups is 1. The van der Waals surface area contributed by atoms with Crippen LogP contribution in [-0.2, 0) is 4.79 Å². The molecular weight excluding hydrogens is 246 g/mol. The number of nitriles is 1. The monoisotopic (exact) mass is 261 g/mol. The van der Waals surface area contributed by atoms with Gasteiger partial charge < -0.3 is 14.8 Å². The molecule has 6 nitrogen and oxygen atoms in total. The standard InChI is InChI=1S/C13H15N3O3/c1-8-13(17)16(5-4-14)10-7-12(19-3)11(18-2)6-9(10)15-8/h6-8,15H,5H2,1-3H3. The van der Waals surface area contributed by atoms with Gasteiger partial charge in [-0.25, -0.2) is 0 Å². The smallest absolute Gasteiger partial charge is 0.250 e. The molecule has 0 radical (unpaired) electrons. The van der Waals surface area contributed by atoms with Crippen molar-refractivity contribution in [2.45, 2.75) is 13.0 Å². The van der Waals surface area contributed by atoms with Crippen molar-refractivity contribution >= 4 is 17.3 Å². The molecular formula is C13H15N3O3. The van der Waals surface area contributed by atoms with Crippen LogP contribution in [0.15, 0.2) is 12.1 Å². The number of nitrogens with one attached hydrogen (secondary N) is 1. The number of benzene rings is 1. The molecule has 100 valence electrons. The van der Waals surface area contributed by atoms with Crippen LogP contribution in [0.25, 0.3) is 0 Å². The summed E-state index contributed by atoms with van der Waals surface area (Å²) in [7, 11) is 3.08. The van der Waals surface area contributed by atoms with Gasteiger partial charge in [0, 0.05) is 12.1 Å². The van der Waals surface area contributed by atoms with Crippen LogP contribution in [0.4, 0.5) is 11.4 Å². The maximum absolute atomic E-state index is 12.1. The third-order valence-electron chi connectivity index (χ3n) is 3.03. The van der Waals surface area contributed by atoms with Crippen molar-refractivity contribution in [3.8, 4) is 17.6 Å². The highest BCUT2D eigenvalue weighted by Crippen LogP contribution is 2.40. The van der Waals surface area contributed by atoms with Crippen LogP contribution in [0, 0.1) is 11.3 Å². The first kappa shape index (κ1) is 13.0. The lowest BCUT2D eigenvalue weighted by molar-refractivity contribution is -0.119. The molecule has 1 aromatic rings. The van der Waals surface area contributed by atoms with Gasteiger partial charge in [-0.15, -0.1) is 0 Å². The van der Waals surface area contributed by atoms with Crippen molar-refractivity contribution in [2.75, 3.05) is 31.0 Å². The lowest BCUT2D eigenvalue weighted by Gasteiger charge is -2.33. The average Bonchev–Trinajstić information content (AvgIpc) is 2.42. The molecule has 0 bridgehead atoms. The van der Waals surface area contributed by atoms with E-state index in [4.69, 9.17) is 14.7 Å². The maximum atomic E-state index is 12.1. The van der Waals surface area contributed by atoms with E-state index in [0.717, 1.165) is 5.69 Å². The molecule has 2 rings (SSSR count).